The fourth-order valence-corrected chi connectivity index (χ4v) is 3.45. The van der Waals surface area contributed by atoms with Crippen LogP contribution in [0.5, 0.6) is 0 Å². The first-order valence-corrected chi connectivity index (χ1v) is 8.05. The van der Waals surface area contributed by atoms with Crippen LogP contribution >= 0.6 is 23.1 Å². The fraction of sp³-hybridized carbons (Fsp3) is 0.500. The monoisotopic (exact) mass is 312 g/mol. The van der Waals surface area contributed by atoms with Gasteiger partial charge in [-0.25, -0.2) is 4.98 Å². The van der Waals surface area contributed by atoms with E-state index in [1.165, 1.54) is 11.8 Å². The Morgan fingerprint density at radius 3 is 2.70 bits per heavy atom. The number of carboxylic acid groups (broad SMARTS) is 1. The van der Waals surface area contributed by atoms with Crippen molar-refractivity contribution >= 4 is 29.1 Å². The lowest BCUT2D eigenvalue weighted by molar-refractivity contribution is -0.133. The largest absolute Gasteiger partial charge is 0.481 e. The van der Waals surface area contributed by atoms with Crippen molar-refractivity contribution in [3.8, 4) is 10.7 Å². The first kappa shape index (κ1) is 15.0. The maximum Gasteiger partial charge on any atom is 0.313 e. The maximum atomic E-state index is 10.7. The number of nitrogens with zero attached hydrogens (tertiary/aromatic N) is 4. The second-order valence-corrected chi connectivity index (χ2v) is 6.43. The molecule has 0 saturated carbocycles. The molecule has 0 bridgehead atoms. The zero-order valence-corrected chi connectivity index (χ0v) is 13.2. The van der Waals surface area contributed by atoms with Crippen LogP contribution in [0.25, 0.3) is 10.7 Å². The molecule has 2 aromatic heterocycles. The molecule has 1 N–H and O–H groups in total. The molecule has 0 spiro atoms. The number of aliphatic carboxylic acids is 1. The molecule has 0 unspecified atom stereocenters. The molecule has 2 aromatic rings. The normalized spacial score (nSPS) is 10.9. The number of thioether (sulfide) groups is 1. The van der Waals surface area contributed by atoms with Crippen LogP contribution in [0.2, 0.25) is 0 Å². The summed E-state index contributed by atoms with van der Waals surface area (Å²) in [7, 11) is 0. The molecular formula is C12H16N4O2S2. The minimum Gasteiger partial charge on any atom is -0.481 e. The molecule has 0 atom stereocenters. The Balaban J connectivity index is 2.38. The van der Waals surface area contributed by atoms with Gasteiger partial charge in [-0.15, -0.1) is 21.5 Å². The smallest absolute Gasteiger partial charge is 0.313 e. The number of carbonyl (C=O) groups is 1. The van der Waals surface area contributed by atoms with E-state index in [1.54, 1.807) is 11.3 Å². The lowest BCUT2D eigenvalue weighted by Gasteiger charge is -2.07. The van der Waals surface area contributed by atoms with Gasteiger partial charge in [-0.05, 0) is 20.3 Å². The molecular weight excluding hydrogens is 296 g/mol. The molecule has 6 nitrogen and oxygen atoms in total. The molecule has 108 valence electrons. The molecule has 0 aliphatic heterocycles. The van der Waals surface area contributed by atoms with Gasteiger partial charge in [-0.1, -0.05) is 18.7 Å². The van der Waals surface area contributed by atoms with Crippen LogP contribution in [0, 0.1) is 13.8 Å². The van der Waals surface area contributed by atoms with E-state index < -0.39 is 5.97 Å². The van der Waals surface area contributed by atoms with E-state index in [1.807, 2.05) is 18.4 Å². The van der Waals surface area contributed by atoms with Crippen LogP contribution in [0.4, 0.5) is 0 Å². The third-order valence-electron chi connectivity index (χ3n) is 2.60. The summed E-state index contributed by atoms with van der Waals surface area (Å²) in [6, 6.07) is 0. The molecule has 0 amide bonds. The van der Waals surface area contributed by atoms with E-state index in [9.17, 15) is 4.79 Å². The average Bonchev–Trinajstić information content (AvgIpc) is 2.91. The molecule has 0 fully saturated rings. The quantitative estimate of drug-likeness (QED) is 0.826. The summed E-state index contributed by atoms with van der Waals surface area (Å²) >= 11 is 2.78. The Hall–Kier alpha value is -1.41. The van der Waals surface area contributed by atoms with Crippen LogP contribution in [-0.2, 0) is 11.3 Å². The van der Waals surface area contributed by atoms with Gasteiger partial charge in [0, 0.05) is 6.54 Å². The van der Waals surface area contributed by atoms with Gasteiger partial charge in [0.25, 0.3) is 0 Å². The zero-order valence-electron chi connectivity index (χ0n) is 11.6. The lowest BCUT2D eigenvalue weighted by atomic mass is 10.3. The first-order valence-electron chi connectivity index (χ1n) is 6.25. The van der Waals surface area contributed by atoms with Gasteiger partial charge in [0.05, 0.1) is 21.3 Å². The third kappa shape index (κ3) is 3.18. The van der Waals surface area contributed by atoms with Crippen molar-refractivity contribution in [2.45, 2.75) is 38.9 Å². The fourth-order valence-electron chi connectivity index (χ4n) is 1.85. The Morgan fingerprint density at radius 1 is 1.40 bits per heavy atom. The molecule has 0 aliphatic carbocycles. The van der Waals surface area contributed by atoms with Gasteiger partial charge >= 0.3 is 5.97 Å². The minimum absolute atomic E-state index is 0.0114. The average molecular weight is 312 g/mol. The number of aromatic nitrogens is 4. The molecule has 20 heavy (non-hydrogen) atoms. The maximum absolute atomic E-state index is 10.7. The SMILES string of the molecule is CCCn1c(SCC(=O)O)nnc1-c1sc(C)nc1C. The highest BCUT2D eigenvalue weighted by Gasteiger charge is 2.18. The summed E-state index contributed by atoms with van der Waals surface area (Å²) in [5.41, 5.74) is 0.937. The highest BCUT2D eigenvalue weighted by atomic mass is 32.2. The van der Waals surface area contributed by atoms with Crippen molar-refractivity contribution in [2.75, 3.05) is 5.75 Å². The second-order valence-electron chi connectivity index (χ2n) is 4.29. The van der Waals surface area contributed by atoms with Gasteiger partial charge in [-0.2, -0.15) is 0 Å². The van der Waals surface area contributed by atoms with Crippen LogP contribution in [0.3, 0.4) is 0 Å². The van der Waals surface area contributed by atoms with E-state index >= 15 is 0 Å². The Labute approximate surface area is 125 Å². The molecule has 2 rings (SSSR count). The van der Waals surface area contributed by atoms with Crippen molar-refractivity contribution < 1.29 is 9.90 Å². The van der Waals surface area contributed by atoms with Gasteiger partial charge in [0.1, 0.15) is 0 Å². The van der Waals surface area contributed by atoms with Gasteiger partial charge in [-0.3, -0.25) is 4.79 Å². The molecule has 2 heterocycles. The number of aryl methyl sites for hydroxylation is 2. The van der Waals surface area contributed by atoms with Gasteiger partial charge in [0.15, 0.2) is 11.0 Å². The van der Waals surface area contributed by atoms with E-state index in [-0.39, 0.29) is 5.75 Å². The van der Waals surface area contributed by atoms with Crippen molar-refractivity contribution in [3.63, 3.8) is 0 Å². The second kappa shape index (κ2) is 6.36. The Kier molecular flexibility index (Phi) is 4.77. The minimum atomic E-state index is -0.854. The molecule has 0 saturated heterocycles. The van der Waals surface area contributed by atoms with E-state index in [4.69, 9.17) is 5.11 Å². The van der Waals surface area contributed by atoms with Crippen molar-refractivity contribution in [2.24, 2.45) is 0 Å². The first-order chi connectivity index (χ1) is 9.52. The van der Waals surface area contributed by atoms with Crippen LogP contribution in [-0.4, -0.2) is 36.6 Å². The Bertz CT molecular complexity index is 621. The molecule has 8 heteroatoms. The summed E-state index contributed by atoms with van der Waals surface area (Å²) in [5.74, 6) is -0.0852. The summed E-state index contributed by atoms with van der Waals surface area (Å²) < 4.78 is 1.98. The third-order valence-corrected chi connectivity index (χ3v) is 4.62. The van der Waals surface area contributed by atoms with Crippen molar-refractivity contribution in [3.05, 3.63) is 10.7 Å². The van der Waals surface area contributed by atoms with Crippen LogP contribution < -0.4 is 0 Å². The van der Waals surface area contributed by atoms with Gasteiger partial charge in [0.2, 0.25) is 0 Å². The highest BCUT2D eigenvalue weighted by Crippen LogP contribution is 2.31. The van der Waals surface area contributed by atoms with E-state index in [0.29, 0.717) is 5.16 Å². The standard InChI is InChI=1S/C12H16N4O2S2/c1-4-5-16-11(10-7(2)13-8(3)20-10)14-15-12(16)19-6-9(17)18/h4-6H2,1-3H3,(H,17,18). The van der Waals surface area contributed by atoms with E-state index in [2.05, 4.69) is 22.1 Å². The highest BCUT2D eigenvalue weighted by molar-refractivity contribution is 7.99. The van der Waals surface area contributed by atoms with E-state index in [0.717, 1.165) is 34.4 Å². The lowest BCUT2D eigenvalue weighted by Crippen LogP contribution is -2.04. The predicted octanol–water partition coefficient (Wildman–Crippen LogP) is 2.61. The molecule has 0 radical (unpaired) electrons. The van der Waals surface area contributed by atoms with Crippen molar-refractivity contribution in [1.29, 1.82) is 0 Å². The van der Waals surface area contributed by atoms with Crippen molar-refractivity contribution in [1.82, 2.24) is 19.7 Å². The van der Waals surface area contributed by atoms with Crippen LogP contribution in [0.15, 0.2) is 5.16 Å². The zero-order chi connectivity index (χ0) is 14.7. The number of thiazole rings is 1. The summed E-state index contributed by atoms with van der Waals surface area (Å²) in [6.45, 7) is 6.75. The number of hydrogen-bond acceptors (Lipinski definition) is 6. The predicted molar refractivity (Wildman–Crippen MR) is 79.3 cm³/mol. The van der Waals surface area contributed by atoms with Crippen LogP contribution in [0.1, 0.15) is 24.0 Å². The Morgan fingerprint density at radius 2 is 2.15 bits per heavy atom. The number of hydrogen-bond donors (Lipinski definition) is 1. The van der Waals surface area contributed by atoms with Gasteiger partial charge < -0.3 is 9.67 Å². The summed E-state index contributed by atoms with van der Waals surface area (Å²) in [6.07, 6.45) is 0.933. The number of rotatable bonds is 6. The number of carboxylic acids is 1. The molecule has 0 aliphatic rings. The summed E-state index contributed by atoms with van der Waals surface area (Å²) in [5, 5.41) is 18.8. The summed E-state index contributed by atoms with van der Waals surface area (Å²) in [4.78, 5) is 16.1. The molecule has 0 aromatic carbocycles. The topological polar surface area (TPSA) is 80.9 Å².